The molecule has 8 rings (SSSR count). The van der Waals surface area contributed by atoms with Crippen molar-refractivity contribution in [2.45, 2.75) is 56.5 Å². The van der Waals surface area contributed by atoms with E-state index in [0.717, 1.165) is 35.4 Å². The summed E-state index contributed by atoms with van der Waals surface area (Å²) in [6.07, 6.45) is 10.9. The molecule has 1 aromatic carbocycles. The smallest absolute Gasteiger partial charge is 0.177 e. The minimum atomic E-state index is -1.31. The Morgan fingerprint density at radius 3 is 2.26 bits per heavy atom. The normalized spacial score (nSPS) is 38.1. The van der Waals surface area contributed by atoms with E-state index in [4.69, 9.17) is 0 Å². The van der Waals surface area contributed by atoms with Gasteiger partial charge in [0, 0.05) is 16.0 Å². The van der Waals surface area contributed by atoms with Gasteiger partial charge in [0.15, 0.2) is 11.2 Å². The Kier molecular flexibility index (Phi) is 4.25. The molecule has 4 saturated carbocycles. The lowest BCUT2D eigenvalue weighted by Gasteiger charge is -2.57. The Labute approximate surface area is 204 Å². The van der Waals surface area contributed by atoms with Gasteiger partial charge in [0.2, 0.25) is 0 Å². The number of nitrogens with zero attached hydrogens (tertiary/aromatic N) is 3. The fourth-order valence-corrected chi connectivity index (χ4v) is 9.67. The molecule has 34 heavy (non-hydrogen) atoms. The van der Waals surface area contributed by atoms with Gasteiger partial charge in [-0.25, -0.2) is 0 Å². The molecule has 0 N–H and O–H groups in total. The molecule has 3 heterocycles. The summed E-state index contributed by atoms with van der Waals surface area (Å²) in [6, 6.07) is 16.1. The molecule has 5 heteroatoms. The number of ketones is 1. The van der Waals surface area contributed by atoms with Gasteiger partial charge in [-0.1, -0.05) is 36.4 Å². The summed E-state index contributed by atoms with van der Waals surface area (Å²) in [7, 11) is 0. The molecule has 2 aromatic rings. The van der Waals surface area contributed by atoms with Crippen LogP contribution in [0, 0.1) is 51.2 Å². The van der Waals surface area contributed by atoms with Crippen LogP contribution >= 0.6 is 11.3 Å². The molecule has 4 nitrogen and oxygen atoms in total. The quantitative estimate of drug-likeness (QED) is 0.563. The fourth-order valence-electron chi connectivity index (χ4n) is 8.74. The molecule has 170 valence electrons. The van der Waals surface area contributed by atoms with Gasteiger partial charge < -0.3 is 4.90 Å². The largest absolute Gasteiger partial charge is 0.351 e. The zero-order chi connectivity index (χ0) is 23.1. The summed E-state index contributed by atoms with van der Waals surface area (Å²) in [4.78, 5) is 18.1. The fraction of sp³-hybridized carbons (Fsp3) is 0.483. The molecule has 3 atom stereocenters. The molecule has 0 amide bonds. The van der Waals surface area contributed by atoms with Crippen LogP contribution < -0.4 is 4.90 Å². The highest BCUT2D eigenvalue weighted by atomic mass is 32.1. The third-order valence-corrected chi connectivity index (χ3v) is 10.5. The first-order chi connectivity index (χ1) is 16.6. The number of carbonyl (C=O) groups excluding carboxylic acids is 1. The van der Waals surface area contributed by atoms with Crippen LogP contribution in [0.1, 0.15) is 54.9 Å². The number of carbonyl (C=O) groups is 1. The summed E-state index contributed by atoms with van der Waals surface area (Å²) >= 11 is 1.57. The van der Waals surface area contributed by atoms with Crippen molar-refractivity contribution in [2.75, 3.05) is 4.90 Å². The van der Waals surface area contributed by atoms with E-state index in [1.807, 2.05) is 41.8 Å². The number of benzene rings is 1. The van der Waals surface area contributed by atoms with Crippen molar-refractivity contribution in [1.29, 1.82) is 10.5 Å². The van der Waals surface area contributed by atoms with E-state index in [1.165, 1.54) is 19.3 Å². The summed E-state index contributed by atoms with van der Waals surface area (Å²) in [5.74, 6) is 1.84. The molecule has 4 aliphatic carbocycles. The molecule has 4 bridgehead atoms. The van der Waals surface area contributed by atoms with E-state index in [2.05, 4.69) is 29.2 Å². The molecular weight excluding hydrogens is 438 g/mol. The standard InChI is InChI=1S/C29H27N3OS/c30-16-29(17-31)24-8-7-21-4-1-2-5-22(21)32(24)26(25(29)23-6-3-9-34-23)27(33)28-13-18-10-19(14-28)12-20(11-18)15-28/h1-9,18-20,24-26H,10-15H2/t18?,19?,20?,24-,25+,26-,28?/m0/s1. The van der Waals surface area contributed by atoms with Crippen LogP contribution in [0.15, 0.2) is 47.9 Å². The van der Waals surface area contributed by atoms with Gasteiger partial charge in [0.25, 0.3) is 0 Å². The predicted molar refractivity (Wildman–Crippen MR) is 132 cm³/mol. The average Bonchev–Trinajstić information content (AvgIpc) is 3.47. The number of rotatable bonds is 3. The Bertz CT molecular complexity index is 1230. The number of hydrogen-bond donors (Lipinski definition) is 0. The minimum Gasteiger partial charge on any atom is -0.351 e. The second kappa shape index (κ2) is 7.06. The van der Waals surface area contributed by atoms with Gasteiger partial charge >= 0.3 is 0 Å². The third-order valence-electron chi connectivity index (χ3n) is 9.59. The lowest BCUT2D eigenvalue weighted by atomic mass is 9.47. The van der Waals surface area contributed by atoms with Crippen molar-refractivity contribution in [3.8, 4) is 12.1 Å². The molecular formula is C29H27N3OS. The number of nitriles is 2. The topological polar surface area (TPSA) is 67.9 Å². The van der Waals surface area contributed by atoms with Crippen LogP contribution in [0.3, 0.4) is 0 Å². The number of Topliss-reactive ketones (excluding diaryl/α,β-unsaturated/α-hetero) is 1. The lowest BCUT2D eigenvalue weighted by Crippen LogP contribution is -2.56. The van der Waals surface area contributed by atoms with Crippen molar-refractivity contribution < 1.29 is 4.79 Å². The van der Waals surface area contributed by atoms with Gasteiger partial charge in [0.05, 0.1) is 30.1 Å². The van der Waals surface area contributed by atoms with E-state index < -0.39 is 23.4 Å². The molecule has 0 spiro atoms. The molecule has 1 aromatic heterocycles. The van der Waals surface area contributed by atoms with E-state index in [-0.39, 0.29) is 5.41 Å². The number of para-hydroxylation sites is 1. The van der Waals surface area contributed by atoms with E-state index >= 15 is 0 Å². The van der Waals surface area contributed by atoms with Crippen LogP contribution in [-0.4, -0.2) is 17.9 Å². The lowest BCUT2D eigenvalue weighted by molar-refractivity contribution is -0.145. The highest BCUT2D eigenvalue weighted by Crippen LogP contribution is 2.64. The van der Waals surface area contributed by atoms with Crippen molar-refractivity contribution in [2.24, 2.45) is 28.6 Å². The summed E-state index contributed by atoms with van der Waals surface area (Å²) in [5, 5.41) is 23.1. The molecule has 0 unspecified atom stereocenters. The van der Waals surface area contributed by atoms with Gasteiger partial charge in [-0.3, -0.25) is 4.79 Å². The maximum atomic E-state index is 14.9. The highest BCUT2D eigenvalue weighted by Gasteiger charge is 2.67. The SMILES string of the molecule is N#CC1(C#N)[C@H](c2cccs2)[C@@H](C(=O)C23CC4CC(CC(C4)C2)C3)N2c3ccccc3C=C[C@H]21. The first-order valence-electron chi connectivity index (χ1n) is 12.5. The average molecular weight is 466 g/mol. The van der Waals surface area contributed by atoms with Gasteiger partial charge in [-0.15, -0.1) is 11.3 Å². The molecule has 1 saturated heterocycles. The third kappa shape index (κ3) is 2.54. The number of hydrogen-bond acceptors (Lipinski definition) is 5. The zero-order valence-corrected chi connectivity index (χ0v) is 19.9. The Morgan fingerprint density at radius 1 is 0.971 bits per heavy atom. The van der Waals surface area contributed by atoms with Crippen LogP contribution in [0.5, 0.6) is 0 Å². The molecule has 2 aliphatic heterocycles. The zero-order valence-electron chi connectivity index (χ0n) is 19.1. The summed E-state index contributed by atoms with van der Waals surface area (Å²) in [6.45, 7) is 0. The number of fused-ring (bicyclic) bond motifs is 3. The van der Waals surface area contributed by atoms with Crippen LogP contribution in [0.2, 0.25) is 0 Å². The Morgan fingerprint density at radius 2 is 1.65 bits per heavy atom. The minimum absolute atomic E-state index is 0.295. The Hall–Kier alpha value is -2.89. The maximum Gasteiger partial charge on any atom is 0.177 e. The van der Waals surface area contributed by atoms with Crippen LogP contribution in [-0.2, 0) is 4.79 Å². The number of anilines is 1. The Balaban J connectivity index is 1.44. The first kappa shape index (κ1) is 20.5. The van der Waals surface area contributed by atoms with Gasteiger partial charge in [0.1, 0.15) is 0 Å². The van der Waals surface area contributed by atoms with Gasteiger partial charge in [-0.2, -0.15) is 10.5 Å². The monoisotopic (exact) mass is 465 g/mol. The molecule has 0 radical (unpaired) electrons. The predicted octanol–water partition coefficient (Wildman–Crippen LogP) is 5.93. The first-order valence-corrected chi connectivity index (χ1v) is 13.4. The number of thiophene rings is 1. The maximum absolute atomic E-state index is 14.9. The summed E-state index contributed by atoms with van der Waals surface area (Å²) < 4.78 is 0. The van der Waals surface area contributed by atoms with E-state index in [9.17, 15) is 15.3 Å². The highest BCUT2D eigenvalue weighted by molar-refractivity contribution is 7.10. The summed E-state index contributed by atoms with van der Waals surface area (Å²) in [5.41, 5.74) is 0.430. The van der Waals surface area contributed by atoms with Crippen molar-refractivity contribution in [1.82, 2.24) is 0 Å². The van der Waals surface area contributed by atoms with Crippen molar-refractivity contribution in [3.05, 3.63) is 58.3 Å². The van der Waals surface area contributed by atoms with E-state index in [0.29, 0.717) is 23.5 Å². The van der Waals surface area contributed by atoms with Crippen LogP contribution in [0.4, 0.5) is 5.69 Å². The second-order valence-corrected chi connectivity index (χ2v) is 12.3. The van der Waals surface area contributed by atoms with Gasteiger partial charge in [-0.05, 0) is 79.4 Å². The molecule has 6 aliphatic rings. The van der Waals surface area contributed by atoms with Crippen molar-refractivity contribution >= 4 is 28.9 Å². The van der Waals surface area contributed by atoms with Crippen LogP contribution in [0.25, 0.3) is 6.08 Å². The second-order valence-electron chi connectivity index (χ2n) is 11.4. The van der Waals surface area contributed by atoms with E-state index in [1.54, 1.807) is 11.3 Å². The van der Waals surface area contributed by atoms with Crippen molar-refractivity contribution in [3.63, 3.8) is 0 Å². The molecule has 5 fully saturated rings.